The highest BCUT2D eigenvalue weighted by Gasteiger charge is 2.44. The summed E-state index contributed by atoms with van der Waals surface area (Å²) in [6.07, 6.45) is -7.59. The Morgan fingerprint density at radius 3 is 2.12 bits per heavy atom. The highest BCUT2D eigenvalue weighted by molar-refractivity contribution is 5.88. The topological polar surface area (TPSA) is 211 Å². The van der Waals surface area contributed by atoms with Gasteiger partial charge in [0, 0.05) is 17.7 Å². The van der Waals surface area contributed by atoms with Crippen molar-refractivity contribution in [3.63, 3.8) is 0 Å². The van der Waals surface area contributed by atoms with Gasteiger partial charge in [0.1, 0.15) is 40.8 Å². The van der Waals surface area contributed by atoms with Gasteiger partial charge >= 0.3 is 0 Å². The minimum absolute atomic E-state index is 0.168. The summed E-state index contributed by atoms with van der Waals surface area (Å²) in [5.74, 6) is -4.55. The van der Waals surface area contributed by atoms with E-state index in [2.05, 4.69) is 0 Å². The Balaban J connectivity index is 1.95. The van der Waals surface area contributed by atoms with Crippen molar-refractivity contribution in [2.45, 2.75) is 37.6 Å². The molecule has 1 aliphatic rings. The molecule has 12 nitrogen and oxygen atoms in total. The SMILES string of the molecule is CC1OC(Oc2c(-c3cc(O)c(O)c(O)c3)oc3cc(O)cc(O)c3c2=O)C(O)C(O)[C@H]1O. The lowest BCUT2D eigenvalue weighted by Gasteiger charge is -2.38. The third kappa shape index (κ3) is 3.74. The third-order valence-corrected chi connectivity index (χ3v) is 5.29. The Kier molecular flexibility index (Phi) is 5.46. The molecule has 4 rings (SSSR count). The molecule has 33 heavy (non-hydrogen) atoms. The molecule has 12 heteroatoms. The molecular formula is C21H20O12. The van der Waals surface area contributed by atoms with Crippen molar-refractivity contribution in [1.82, 2.24) is 0 Å². The van der Waals surface area contributed by atoms with E-state index in [1.807, 2.05) is 0 Å². The molecule has 176 valence electrons. The van der Waals surface area contributed by atoms with E-state index in [1.54, 1.807) is 0 Å². The number of aliphatic hydroxyl groups is 3. The van der Waals surface area contributed by atoms with Crippen LogP contribution >= 0.6 is 0 Å². The van der Waals surface area contributed by atoms with Gasteiger partial charge in [-0.05, 0) is 19.1 Å². The van der Waals surface area contributed by atoms with Crippen LogP contribution in [0.3, 0.4) is 0 Å². The molecule has 0 aliphatic carbocycles. The number of benzene rings is 2. The van der Waals surface area contributed by atoms with Gasteiger partial charge in [-0.3, -0.25) is 4.79 Å². The molecule has 2 heterocycles. The van der Waals surface area contributed by atoms with E-state index < -0.39 is 81.8 Å². The molecule has 1 saturated heterocycles. The molecule has 0 radical (unpaired) electrons. The van der Waals surface area contributed by atoms with Gasteiger partial charge in [-0.1, -0.05) is 0 Å². The standard InChI is InChI=1S/C21H20O12/c1-6-14(26)17(29)18(30)21(31-6)33-20-16(28)13-9(23)4-8(22)5-12(13)32-19(20)7-2-10(24)15(27)11(25)3-7/h2-6,14,17-18,21-27,29-30H,1H3/t6?,14-,17?,18?,21?/m0/s1. The molecule has 0 bridgehead atoms. The number of phenols is 5. The maximum atomic E-state index is 13.2. The van der Waals surface area contributed by atoms with Crippen LogP contribution in [0.1, 0.15) is 6.92 Å². The maximum Gasteiger partial charge on any atom is 0.239 e. The number of ether oxygens (including phenoxy) is 2. The summed E-state index contributed by atoms with van der Waals surface area (Å²) < 4.78 is 16.5. The monoisotopic (exact) mass is 464 g/mol. The summed E-state index contributed by atoms with van der Waals surface area (Å²) >= 11 is 0. The Hall–Kier alpha value is -3.71. The Bertz CT molecular complexity index is 1260. The number of phenolic OH excluding ortho intramolecular Hbond substituents is 5. The molecule has 1 aromatic heterocycles. The molecule has 4 unspecified atom stereocenters. The molecule has 5 atom stereocenters. The number of fused-ring (bicyclic) bond motifs is 1. The fraction of sp³-hybridized carbons (Fsp3) is 0.286. The van der Waals surface area contributed by atoms with Crippen molar-refractivity contribution < 1.29 is 54.7 Å². The van der Waals surface area contributed by atoms with Gasteiger partial charge in [0.15, 0.2) is 23.0 Å². The lowest BCUT2D eigenvalue weighted by atomic mass is 10.00. The van der Waals surface area contributed by atoms with E-state index in [1.165, 1.54) is 6.92 Å². The van der Waals surface area contributed by atoms with Crippen molar-refractivity contribution in [1.29, 1.82) is 0 Å². The van der Waals surface area contributed by atoms with Gasteiger partial charge in [0.2, 0.25) is 17.5 Å². The van der Waals surface area contributed by atoms with Crippen LogP contribution in [0, 0.1) is 0 Å². The van der Waals surface area contributed by atoms with Crippen molar-refractivity contribution in [3.8, 4) is 45.8 Å². The summed E-state index contributed by atoms with van der Waals surface area (Å²) in [5, 5.41) is 79.1. The molecule has 0 spiro atoms. The van der Waals surface area contributed by atoms with Gasteiger partial charge < -0.3 is 54.7 Å². The van der Waals surface area contributed by atoms with E-state index >= 15 is 0 Å². The van der Waals surface area contributed by atoms with Crippen molar-refractivity contribution >= 4 is 11.0 Å². The van der Waals surface area contributed by atoms with Crippen LogP contribution in [0.15, 0.2) is 33.5 Å². The van der Waals surface area contributed by atoms with E-state index in [0.29, 0.717) is 0 Å². The summed E-state index contributed by atoms with van der Waals surface area (Å²) in [6, 6.07) is 3.79. The first kappa shape index (κ1) is 22.5. The van der Waals surface area contributed by atoms with Crippen LogP contribution in [0.2, 0.25) is 0 Å². The molecule has 1 aliphatic heterocycles. The Morgan fingerprint density at radius 1 is 0.848 bits per heavy atom. The van der Waals surface area contributed by atoms with Gasteiger partial charge in [-0.25, -0.2) is 0 Å². The number of rotatable bonds is 3. The highest BCUT2D eigenvalue weighted by atomic mass is 16.7. The zero-order valence-electron chi connectivity index (χ0n) is 16.9. The lowest BCUT2D eigenvalue weighted by Crippen LogP contribution is -2.58. The van der Waals surface area contributed by atoms with Gasteiger partial charge in [0.25, 0.3) is 0 Å². The normalized spacial score (nSPS) is 25.3. The van der Waals surface area contributed by atoms with Crippen LogP contribution in [0.5, 0.6) is 34.5 Å². The minimum Gasteiger partial charge on any atom is -0.508 e. The van der Waals surface area contributed by atoms with Gasteiger partial charge in [0.05, 0.1) is 6.10 Å². The number of hydrogen-bond donors (Lipinski definition) is 8. The molecule has 0 saturated carbocycles. The van der Waals surface area contributed by atoms with E-state index in [0.717, 1.165) is 24.3 Å². The number of aromatic hydroxyl groups is 5. The largest absolute Gasteiger partial charge is 0.508 e. The first-order chi connectivity index (χ1) is 15.5. The van der Waals surface area contributed by atoms with Crippen molar-refractivity contribution in [2.75, 3.05) is 0 Å². The molecule has 3 aromatic rings. The maximum absolute atomic E-state index is 13.2. The van der Waals surface area contributed by atoms with Gasteiger partial charge in [-0.15, -0.1) is 0 Å². The quantitative estimate of drug-likeness (QED) is 0.244. The van der Waals surface area contributed by atoms with Crippen LogP contribution in [-0.4, -0.2) is 71.6 Å². The first-order valence-corrected chi connectivity index (χ1v) is 9.64. The van der Waals surface area contributed by atoms with E-state index in [9.17, 15) is 45.6 Å². The van der Waals surface area contributed by atoms with E-state index in [-0.39, 0.29) is 11.1 Å². The summed E-state index contributed by atoms with van der Waals surface area (Å²) in [7, 11) is 0. The Morgan fingerprint density at radius 2 is 1.48 bits per heavy atom. The average molecular weight is 464 g/mol. The number of aliphatic hydroxyl groups excluding tert-OH is 3. The zero-order valence-corrected chi connectivity index (χ0v) is 16.9. The number of hydrogen-bond acceptors (Lipinski definition) is 12. The lowest BCUT2D eigenvalue weighted by molar-refractivity contribution is -0.268. The smallest absolute Gasteiger partial charge is 0.239 e. The molecular weight excluding hydrogens is 444 g/mol. The fourth-order valence-electron chi connectivity index (χ4n) is 3.53. The molecule has 2 aromatic carbocycles. The van der Waals surface area contributed by atoms with Crippen LogP contribution in [0.4, 0.5) is 0 Å². The predicted octanol–water partition coefficient (Wildman–Crippen LogP) is 0.194. The fourth-order valence-corrected chi connectivity index (χ4v) is 3.53. The van der Waals surface area contributed by atoms with Crippen molar-refractivity contribution in [3.05, 3.63) is 34.5 Å². The zero-order chi connectivity index (χ0) is 24.2. The van der Waals surface area contributed by atoms with Gasteiger partial charge in [-0.2, -0.15) is 0 Å². The third-order valence-electron chi connectivity index (χ3n) is 5.29. The molecule has 1 fully saturated rings. The summed E-state index contributed by atoms with van der Waals surface area (Å²) in [4.78, 5) is 13.2. The van der Waals surface area contributed by atoms with Crippen LogP contribution in [0.25, 0.3) is 22.3 Å². The summed E-state index contributed by atoms with van der Waals surface area (Å²) in [6.45, 7) is 1.39. The average Bonchev–Trinajstić information content (AvgIpc) is 2.74. The molecule has 0 amide bonds. The van der Waals surface area contributed by atoms with Crippen LogP contribution < -0.4 is 10.2 Å². The minimum atomic E-state index is -1.80. The second kappa shape index (κ2) is 8.01. The molecule has 8 N–H and O–H groups in total. The first-order valence-electron chi connectivity index (χ1n) is 9.64. The second-order valence-corrected chi connectivity index (χ2v) is 7.59. The predicted molar refractivity (Wildman–Crippen MR) is 109 cm³/mol. The van der Waals surface area contributed by atoms with E-state index in [4.69, 9.17) is 13.9 Å². The second-order valence-electron chi connectivity index (χ2n) is 7.59. The summed E-state index contributed by atoms with van der Waals surface area (Å²) in [5.41, 5.74) is -1.45. The Labute approximate surface area is 184 Å². The van der Waals surface area contributed by atoms with Crippen LogP contribution in [-0.2, 0) is 4.74 Å². The highest BCUT2D eigenvalue weighted by Crippen LogP contribution is 2.43. The van der Waals surface area contributed by atoms with Crippen molar-refractivity contribution in [2.24, 2.45) is 0 Å².